The number of carbonyl (C=O) groups excluding carboxylic acids is 1. The molecule has 2 heteroatoms. The average Bonchev–Trinajstić information content (AvgIpc) is 2.46. The Labute approximate surface area is 117 Å². The second-order valence-electron chi connectivity index (χ2n) is 4.92. The third-order valence-corrected chi connectivity index (χ3v) is 3.26. The Hall–Kier alpha value is -1.31. The number of Topliss-reactive ketones (excluding diaryl/α,β-unsaturated/α-hetero) is 1. The van der Waals surface area contributed by atoms with E-state index in [9.17, 15) is 4.79 Å². The van der Waals surface area contributed by atoms with Crippen LogP contribution < -0.4 is 4.74 Å². The van der Waals surface area contributed by atoms with E-state index in [1.165, 1.54) is 32.1 Å². The minimum atomic E-state index is 0.183. The molecule has 0 radical (unpaired) electrons. The lowest BCUT2D eigenvalue weighted by atomic mass is 10.1. The van der Waals surface area contributed by atoms with E-state index in [0.717, 1.165) is 24.3 Å². The molecule has 1 aromatic rings. The minimum absolute atomic E-state index is 0.183. The van der Waals surface area contributed by atoms with Gasteiger partial charge >= 0.3 is 0 Å². The molecular weight excluding hydrogens is 236 g/mol. The van der Waals surface area contributed by atoms with Gasteiger partial charge in [0.25, 0.3) is 0 Å². The van der Waals surface area contributed by atoms with Crippen LogP contribution in [0.3, 0.4) is 0 Å². The number of unbranched alkanes of at least 4 members (excludes halogenated alkanes) is 5. The third-order valence-electron chi connectivity index (χ3n) is 3.26. The van der Waals surface area contributed by atoms with Gasteiger partial charge in [-0.3, -0.25) is 4.79 Å². The fourth-order valence-corrected chi connectivity index (χ4v) is 2.01. The molecule has 0 N–H and O–H groups in total. The van der Waals surface area contributed by atoms with Gasteiger partial charge in [-0.2, -0.15) is 0 Å². The summed E-state index contributed by atoms with van der Waals surface area (Å²) >= 11 is 0. The molecule has 0 saturated carbocycles. The van der Waals surface area contributed by atoms with E-state index in [1.807, 2.05) is 31.2 Å². The molecule has 0 aromatic heterocycles. The van der Waals surface area contributed by atoms with Gasteiger partial charge in [0.05, 0.1) is 6.61 Å². The summed E-state index contributed by atoms with van der Waals surface area (Å²) in [4.78, 5) is 11.5. The number of hydrogen-bond donors (Lipinski definition) is 0. The normalized spacial score (nSPS) is 10.4. The first-order chi connectivity index (χ1) is 9.27. The lowest BCUT2D eigenvalue weighted by Crippen LogP contribution is -1.99. The van der Waals surface area contributed by atoms with E-state index in [0.29, 0.717) is 6.42 Å². The van der Waals surface area contributed by atoms with Crippen LogP contribution in [0, 0.1) is 0 Å². The smallest absolute Gasteiger partial charge is 0.162 e. The second kappa shape index (κ2) is 9.60. The van der Waals surface area contributed by atoms with Crippen LogP contribution in [0.2, 0.25) is 0 Å². The highest BCUT2D eigenvalue weighted by Crippen LogP contribution is 2.14. The highest BCUT2D eigenvalue weighted by Gasteiger charge is 2.02. The maximum absolute atomic E-state index is 11.5. The lowest BCUT2D eigenvalue weighted by molar-refractivity contribution is 0.0988. The van der Waals surface area contributed by atoms with Crippen LogP contribution in [0.5, 0.6) is 5.75 Å². The predicted molar refractivity (Wildman–Crippen MR) is 79.9 cm³/mol. The number of ether oxygens (including phenoxy) is 1. The van der Waals surface area contributed by atoms with Crippen LogP contribution in [0.25, 0.3) is 0 Å². The van der Waals surface area contributed by atoms with Gasteiger partial charge in [0.15, 0.2) is 5.78 Å². The predicted octanol–water partition coefficient (Wildman–Crippen LogP) is 5.02. The Bertz CT molecular complexity index is 354. The van der Waals surface area contributed by atoms with Crippen molar-refractivity contribution in [2.24, 2.45) is 0 Å². The van der Waals surface area contributed by atoms with Gasteiger partial charge in [0, 0.05) is 12.0 Å². The molecule has 0 fully saturated rings. The molecule has 1 rings (SSSR count). The number of hydrogen-bond acceptors (Lipinski definition) is 2. The summed E-state index contributed by atoms with van der Waals surface area (Å²) in [7, 11) is 0. The summed E-state index contributed by atoms with van der Waals surface area (Å²) in [5.41, 5.74) is 0.773. The van der Waals surface area contributed by atoms with Gasteiger partial charge < -0.3 is 4.74 Å². The minimum Gasteiger partial charge on any atom is -0.494 e. The molecule has 0 saturated heterocycles. The molecule has 0 bridgehead atoms. The maximum atomic E-state index is 11.5. The van der Waals surface area contributed by atoms with E-state index >= 15 is 0 Å². The number of rotatable bonds is 10. The van der Waals surface area contributed by atoms with Gasteiger partial charge in [-0.25, -0.2) is 0 Å². The molecule has 19 heavy (non-hydrogen) atoms. The summed E-state index contributed by atoms with van der Waals surface area (Å²) in [6, 6.07) is 7.48. The quantitative estimate of drug-likeness (QED) is 0.437. The van der Waals surface area contributed by atoms with Crippen LogP contribution in [-0.4, -0.2) is 12.4 Å². The Kier molecular flexibility index (Phi) is 7.95. The zero-order chi connectivity index (χ0) is 13.9. The molecule has 0 amide bonds. The van der Waals surface area contributed by atoms with Gasteiger partial charge in [-0.05, 0) is 30.7 Å². The first-order valence-corrected chi connectivity index (χ1v) is 7.54. The van der Waals surface area contributed by atoms with Gasteiger partial charge in [-0.1, -0.05) is 46.0 Å². The maximum Gasteiger partial charge on any atom is 0.162 e. The van der Waals surface area contributed by atoms with Crippen molar-refractivity contribution in [1.29, 1.82) is 0 Å². The fourth-order valence-electron chi connectivity index (χ4n) is 2.01. The van der Waals surface area contributed by atoms with E-state index in [-0.39, 0.29) is 5.78 Å². The number of carbonyl (C=O) groups is 1. The zero-order valence-corrected chi connectivity index (χ0v) is 12.3. The third kappa shape index (κ3) is 6.42. The summed E-state index contributed by atoms with van der Waals surface area (Å²) in [5.74, 6) is 1.05. The second-order valence-corrected chi connectivity index (χ2v) is 4.92. The molecule has 0 atom stereocenters. The molecule has 0 spiro atoms. The molecule has 0 heterocycles. The van der Waals surface area contributed by atoms with Crippen molar-refractivity contribution in [3.05, 3.63) is 29.8 Å². The van der Waals surface area contributed by atoms with Gasteiger partial charge in [-0.15, -0.1) is 0 Å². The molecule has 1 aromatic carbocycles. The molecule has 0 aliphatic carbocycles. The first kappa shape index (κ1) is 15.7. The summed E-state index contributed by atoms with van der Waals surface area (Å²) in [6.45, 7) is 4.88. The Balaban J connectivity index is 2.18. The molecule has 106 valence electrons. The highest BCUT2D eigenvalue weighted by molar-refractivity contribution is 5.95. The van der Waals surface area contributed by atoms with Crippen molar-refractivity contribution >= 4 is 5.78 Å². The van der Waals surface area contributed by atoms with Gasteiger partial charge in [0.1, 0.15) is 5.75 Å². The van der Waals surface area contributed by atoms with Crippen LogP contribution in [-0.2, 0) is 0 Å². The SMILES string of the molecule is CCCCCCCCOc1ccc(C(=O)CC)cc1. The standard InChI is InChI=1S/C17H26O2/c1-3-5-6-7-8-9-14-19-16-12-10-15(11-13-16)17(18)4-2/h10-13H,3-9,14H2,1-2H3. The van der Waals surface area contributed by atoms with Crippen LogP contribution >= 0.6 is 0 Å². The van der Waals surface area contributed by atoms with Crippen LogP contribution in [0.4, 0.5) is 0 Å². The highest BCUT2D eigenvalue weighted by atomic mass is 16.5. The zero-order valence-electron chi connectivity index (χ0n) is 12.3. The Morgan fingerprint density at radius 1 is 0.947 bits per heavy atom. The van der Waals surface area contributed by atoms with Gasteiger partial charge in [0.2, 0.25) is 0 Å². The Morgan fingerprint density at radius 2 is 1.58 bits per heavy atom. The molecule has 0 unspecified atom stereocenters. The first-order valence-electron chi connectivity index (χ1n) is 7.54. The Morgan fingerprint density at radius 3 is 2.21 bits per heavy atom. The van der Waals surface area contributed by atoms with E-state index < -0.39 is 0 Å². The van der Waals surface area contributed by atoms with Crippen LogP contribution in [0.15, 0.2) is 24.3 Å². The fraction of sp³-hybridized carbons (Fsp3) is 0.588. The van der Waals surface area contributed by atoms with Crippen molar-refractivity contribution in [2.45, 2.75) is 58.8 Å². The number of ketones is 1. The van der Waals surface area contributed by atoms with Crippen molar-refractivity contribution in [2.75, 3.05) is 6.61 Å². The molecule has 0 aliphatic heterocycles. The van der Waals surface area contributed by atoms with Crippen molar-refractivity contribution in [3.8, 4) is 5.75 Å². The van der Waals surface area contributed by atoms with E-state index in [4.69, 9.17) is 4.74 Å². The lowest BCUT2D eigenvalue weighted by Gasteiger charge is -2.06. The van der Waals surface area contributed by atoms with Crippen molar-refractivity contribution < 1.29 is 9.53 Å². The van der Waals surface area contributed by atoms with Crippen LogP contribution in [0.1, 0.15) is 69.2 Å². The molecule has 0 aliphatic rings. The monoisotopic (exact) mass is 262 g/mol. The summed E-state index contributed by atoms with van der Waals surface area (Å²) < 4.78 is 5.67. The largest absolute Gasteiger partial charge is 0.494 e. The van der Waals surface area contributed by atoms with Crippen molar-refractivity contribution in [1.82, 2.24) is 0 Å². The topological polar surface area (TPSA) is 26.3 Å². The van der Waals surface area contributed by atoms with Crippen molar-refractivity contribution in [3.63, 3.8) is 0 Å². The molecule has 2 nitrogen and oxygen atoms in total. The van der Waals surface area contributed by atoms with E-state index in [2.05, 4.69) is 6.92 Å². The summed E-state index contributed by atoms with van der Waals surface area (Å²) in [6.07, 6.45) is 8.18. The molecular formula is C17H26O2. The van der Waals surface area contributed by atoms with E-state index in [1.54, 1.807) is 0 Å². The summed E-state index contributed by atoms with van der Waals surface area (Å²) in [5, 5.41) is 0. The average molecular weight is 262 g/mol. The number of benzene rings is 1.